The summed E-state index contributed by atoms with van der Waals surface area (Å²) in [5.41, 5.74) is -3.10. The molecule has 0 bridgehead atoms. The molecule has 0 aromatic heterocycles. The summed E-state index contributed by atoms with van der Waals surface area (Å²) in [5, 5.41) is 1.80. The summed E-state index contributed by atoms with van der Waals surface area (Å²) in [4.78, 5) is 14.4. The van der Waals surface area contributed by atoms with Crippen molar-refractivity contribution in [2.24, 2.45) is 4.99 Å². The van der Waals surface area contributed by atoms with Gasteiger partial charge in [-0.05, 0) is 6.92 Å². The lowest BCUT2D eigenvalue weighted by atomic mass is 10.1. The van der Waals surface area contributed by atoms with Crippen molar-refractivity contribution in [3.8, 4) is 0 Å². The number of amidine groups is 1. The number of hydrogen-bond acceptors (Lipinski definition) is 4. The molecular formula is C7H9F3N2O3. The molecule has 0 saturated carbocycles. The molecule has 5 nitrogen and oxygen atoms in total. The van der Waals surface area contributed by atoms with Crippen LogP contribution in [-0.2, 0) is 14.3 Å². The van der Waals surface area contributed by atoms with E-state index >= 15 is 0 Å². The zero-order valence-corrected chi connectivity index (χ0v) is 8.01. The molecule has 86 valence electrons. The zero-order chi connectivity index (χ0) is 11.7. The minimum absolute atomic E-state index is 0.166. The van der Waals surface area contributed by atoms with E-state index in [1.807, 2.05) is 0 Å². The first kappa shape index (κ1) is 11.6. The van der Waals surface area contributed by atoms with Gasteiger partial charge in [-0.2, -0.15) is 13.2 Å². The first-order valence-electron chi connectivity index (χ1n) is 4.05. The van der Waals surface area contributed by atoms with Crippen molar-refractivity contribution in [2.75, 3.05) is 13.7 Å². The van der Waals surface area contributed by atoms with E-state index in [9.17, 15) is 18.0 Å². The van der Waals surface area contributed by atoms with Gasteiger partial charge in [0.05, 0.1) is 6.61 Å². The Morgan fingerprint density at radius 2 is 2.20 bits per heavy atom. The second-order valence-electron chi connectivity index (χ2n) is 2.66. The predicted molar refractivity (Wildman–Crippen MR) is 43.0 cm³/mol. The van der Waals surface area contributed by atoms with Crippen molar-refractivity contribution in [1.82, 2.24) is 5.32 Å². The fourth-order valence-electron chi connectivity index (χ4n) is 0.972. The monoisotopic (exact) mass is 226 g/mol. The number of ether oxygens (including phenoxy) is 2. The van der Waals surface area contributed by atoms with Gasteiger partial charge < -0.3 is 9.47 Å². The Morgan fingerprint density at radius 3 is 2.53 bits per heavy atom. The van der Waals surface area contributed by atoms with Crippen LogP contribution in [0.4, 0.5) is 13.2 Å². The lowest BCUT2D eigenvalue weighted by Gasteiger charge is -2.41. The van der Waals surface area contributed by atoms with E-state index in [4.69, 9.17) is 0 Å². The van der Waals surface area contributed by atoms with Crippen LogP contribution < -0.4 is 5.32 Å². The van der Waals surface area contributed by atoms with Gasteiger partial charge in [0.2, 0.25) is 0 Å². The van der Waals surface area contributed by atoms with Crippen LogP contribution in [0.2, 0.25) is 0 Å². The molecule has 1 rings (SSSR count). The van der Waals surface area contributed by atoms with E-state index < -0.39 is 17.9 Å². The fraction of sp³-hybridized carbons (Fsp3) is 0.714. The van der Waals surface area contributed by atoms with Gasteiger partial charge in [-0.3, -0.25) is 5.32 Å². The van der Waals surface area contributed by atoms with E-state index in [1.54, 1.807) is 5.32 Å². The maximum Gasteiger partial charge on any atom is 0.461 e. The molecule has 1 saturated heterocycles. The number of aliphatic imine (C=N–C) groups is 1. The number of hydrogen-bond donors (Lipinski definition) is 1. The third kappa shape index (κ3) is 1.71. The number of carbonyl (C=O) groups excluding carboxylic acids is 1. The van der Waals surface area contributed by atoms with Crippen LogP contribution in [0.15, 0.2) is 4.99 Å². The summed E-state index contributed by atoms with van der Waals surface area (Å²) in [6.07, 6.45) is -4.90. The van der Waals surface area contributed by atoms with Crippen molar-refractivity contribution in [3.63, 3.8) is 0 Å². The lowest BCUT2D eigenvalue weighted by Crippen LogP contribution is -2.75. The van der Waals surface area contributed by atoms with Crippen molar-refractivity contribution < 1.29 is 27.4 Å². The average Bonchev–Trinajstić information content (AvgIpc) is 2.00. The van der Waals surface area contributed by atoms with Gasteiger partial charge >= 0.3 is 17.9 Å². The van der Waals surface area contributed by atoms with Crippen LogP contribution >= 0.6 is 0 Å². The van der Waals surface area contributed by atoms with Crippen molar-refractivity contribution >= 4 is 12.0 Å². The van der Waals surface area contributed by atoms with Crippen molar-refractivity contribution in [1.29, 1.82) is 0 Å². The standard InChI is InChI=1S/C7H9F3N2O3/c1-3-14-4(13)6(7(8,9)10)12-5(11-2)15-6/h3H2,1-2H3,(H,11,12). The first-order valence-corrected chi connectivity index (χ1v) is 4.05. The van der Waals surface area contributed by atoms with Gasteiger partial charge in [-0.25, -0.2) is 9.79 Å². The van der Waals surface area contributed by atoms with Gasteiger partial charge in [0.25, 0.3) is 6.02 Å². The maximum absolute atomic E-state index is 12.5. The number of halogens is 3. The van der Waals surface area contributed by atoms with Crippen LogP contribution in [0.5, 0.6) is 0 Å². The van der Waals surface area contributed by atoms with E-state index in [0.717, 1.165) is 0 Å². The second kappa shape index (κ2) is 3.59. The van der Waals surface area contributed by atoms with E-state index in [0.29, 0.717) is 0 Å². The van der Waals surface area contributed by atoms with Crippen molar-refractivity contribution in [3.05, 3.63) is 0 Å². The Labute approximate surface area is 83.3 Å². The highest BCUT2D eigenvalue weighted by Gasteiger charge is 2.71. The number of nitrogens with zero attached hydrogens (tertiary/aromatic N) is 1. The Balaban J connectivity index is 2.87. The molecule has 0 aliphatic carbocycles. The molecule has 1 fully saturated rings. The third-order valence-corrected chi connectivity index (χ3v) is 1.70. The Kier molecular flexibility index (Phi) is 2.78. The summed E-state index contributed by atoms with van der Waals surface area (Å²) in [6, 6.07) is -0.347. The minimum Gasteiger partial charge on any atom is -0.461 e. The average molecular weight is 226 g/mol. The number of nitrogens with one attached hydrogen (secondary N) is 1. The molecule has 1 heterocycles. The Morgan fingerprint density at radius 1 is 1.67 bits per heavy atom. The van der Waals surface area contributed by atoms with Gasteiger partial charge in [-0.15, -0.1) is 0 Å². The molecule has 0 radical (unpaired) electrons. The van der Waals surface area contributed by atoms with Crippen LogP contribution in [0, 0.1) is 0 Å². The topological polar surface area (TPSA) is 59.9 Å². The largest absolute Gasteiger partial charge is 0.461 e. The molecule has 0 aromatic rings. The maximum atomic E-state index is 12.5. The van der Waals surface area contributed by atoms with Gasteiger partial charge in [0.1, 0.15) is 0 Å². The SMILES string of the molecule is CCOC(=O)C1(C(F)(F)F)NC(=NC)O1. The van der Waals surface area contributed by atoms with Crippen LogP contribution in [-0.4, -0.2) is 37.5 Å². The fourth-order valence-corrected chi connectivity index (χ4v) is 0.972. The molecule has 1 aliphatic heterocycles. The number of alkyl halides is 3. The minimum atomic E-state index is -4.90. The molecule has 0 spiro atoms. The summed E-state index contributed by atoms with van der Waals surface area (Å²) in [5.74, 6) is -1.52. The molecule has 1 atom stereocenters. The zero-order valence-electron chi connectivity index (χ0n) is 8.01. The molecule has 8 heteroatoms. The normalized spacial score (nSPS) is 27.7. The second-order valence-corrected chi connectivity index (χ2v) is 2.66. The summed E-state index contributed by atoms with van der Waals surface area (Å²) >= 11 is 0. The summed E-state index contributed by atoms with van der Waals surface area (Å²) < 4.78 is 46.0. The van der Waals surface area contributed by atoms with Crippen LogP contribution in [0.3, 0.4) is 0 Å². The molecular weight excluding hydrogens is 217 g/mol. The third-order valence-electron chi connectivity index (χ3n) is 1.70. The number of rotatable bonds is 2. The quantitative estimate of drug-likeness (QED) is 0.693. The van der Waals surface area contributed by atoms with E-state index in [1.165, 1.54) is 14.0 Å². The molecule has 0 amide bonds. The lowest BCUT2D eigenvalue weighted by molar-refractivity contribution is -0.284. The molecule has 0 aromatic carbocycles. The van der Waals surface area contributed by atoms with Crippen molar-refractivity contribution in [2.45, 2.75) is 18.8 Å². The van der Waals surface area contributed by atoms with Gasteiger partial charge in [0, 0.05) is 7.05 Å². The molecule has 1 N–H and O–H groups in total. The van der Waals surface area contributed by atoms with E-state index in [-0.39, 0.29) is 12.6 Å². The summed E-state index contributed by atoms with van der Waals surface area (Å²) in [6.45, 7) is 1.23. The summed E-state index contributed by atoms with van der Waals surface area (Å²) in [7, 11) is 1.23. The van der Waals surface area contributed by atoms with Gasteiger partial charge in [0.15, 0.2) is 0 Å². The molecule has 1 unspecified atom stereocenters. The highest BCUT2D eigenvalue weighted by atomic mass is 19.4. The first-order chi connectivity index (χ1) is 6.87. The van der Waals surface area contributed by atoms with Crippen LogP contribution in [0.1, 0.15) is 6.92 Å². The Bertz CT molecular complexity index is 292. The highest BCUT2D eigenvalue weighted by Crippen LogP contribution is 2.37. The molecule has 1 aliphatic rings. The highest BCUT2D eigenvalue weighted by molar-refractivity contribution is 5.94. The van der Waals surface area contributed by atoms with E-state index in [2.05, 4.69) is 14.5 Å². The smallest absolute Gasteiger partial charge is 0.461 e. The number of carbonyl (C=O) groups is 1. The molecule has 15 heavy (non-hydrogen) atoms. The Hall–Kier alpha value is -1.47. The van der Waals surface area contributed by atoms with Gasteiger partial charge in [-0.1, -0.05) is 0 Å². The number of esters is 1. The predicted octanol–water partition coefficient (Wildman–Crippen LogP) is 0.414. The van der Waals surface area contributed by atoms with Crippen LogP contribution in [0.25, 0.3) is 0 Å².